The molecule has 3 aromatic rings. The van der Waals surface area contributed by atoms with Crippen LogP contribution in [-0.4, -0.2) is 19.7 Å². The summed E-state index contributed by atoms with van der Waals surface area (Å²) in [6.07, 6.45) is -4.81. The molecule has 0 bridgehead atoms. The van der Waals surface area contributed by atoms with E-state index in [9.17, 15) is 22.4 Å². The third-order valence-electron chi connectivity index (χ3n) is 3.03. The van der Waals surface area contributed by atoms with Crippen LogP contribution in [0.25, 0.3) is 16.7 Å². The van der Waals surface area contributed by atoms with Gasteiger partial charge in [0.1, 0.15) is 11.2 Å². The van der Waals surface area contributed by atoms with E-state index < -0.39 is 23.4 Å². The fraction of sp³-hybridized carbons (Fsp3) is 0.154. The fourth-order valence-corrected chi connectivity index (χ4v) is 2.11. The van der Waals surface area contributed by atoms with Crippen LogP contribution in [0.1, 0.15) is 11.5 Å². The highest BCUT2D eigenvalue weighted by Crippen LogP contribution is 2.27. The number of aryl methyl sites for hydroxylation is 1. The Hall–Kier alpha value is -2.71. The van der Waals surface area contributed by atoms with E-state index in [4.69, 9.17) is 0 Å². The van der Waals surface area contributed by atoms with Gasteiger partial charge in [-0.1, -0.05) is 6.07 Å². The molecule has 0 spiro atoms. The number of halogens is 4. The van der Waals surface area contributed by atoms with E-state index >= 15 is 0 Å². The van der Waals surface area contributed by atoms with Crippen molar-refractivity contribution < 1.29 is 17.6 Å². The van der Waals surface area contributed by atoms with Crippen LogP contribution in [0.2, 0.25) is 0 Å². The van der Waals surface area contributed by atoms with Gasteiger partial charge in [-0.3, -0.25) is 4.79 Å². The summed E-state index contributed by atoms with van der Waals surface area (Å²) in [6.45, 7) is 1.46. The number of alkyl halides is 3. The Balaban J connectivity index is 2.37. The summed E-state index contributed by atoms with van der Waals surface area (Å²) in [6, 6.07) is 5.10. The average Bonchev–Trinajstić information content (AvgIpc) is 2.75. The van der Waals surface area contributed by atoms with E-state index in [2.05, 4.69) is 10.1 Å². The molecular weight excluding hydrogens is 304 g/mol. The van der Waals surface area contributed by atoms with Gasteiger partial charge in [0.25, 0.3) is 5.56 Å². The Morgan fingerprint density at radius 2 is 2.00 bits per heavy atom. The monoisotopic (exact) mass is 312 g/mol. The maximum Gasteiger partial charge on any atom is 0.449 e. The molecule has 1 aromatic carbocycles. The van der Waals surface area contributed by atoms with Crippen LogP contribution in [0.4, 0.5) is 17.6 Å². The summed E-state index contributed by atoms with van der Waals surface area (Å²) in [7, 11) is 0. The molecule has 3 rings (SSSR count). The van der Waals surface area contributed by atoms with E-state index in [1.54, 1.807) is 4.98 Å². The number of hydrogen-bond acceptors (Lipinski definition) is 3. The molecule has 5 nitrogen and oxygen atoms in total. The minimum absolute atomic E-state index is 0.0720. The van der Waals surface area contributed by atoms with Gasteiger partial charge in [0, 0.05) is 0 Å². The maximum absolute atomic E-state index is 13.3. The van der Waals surface area contributed by atoms with Crippen LogP contribution < -0.4 is 5.56 Å². The smallest absolute Gasteiger partial charge is 0.302 e. The van der Waals surface area contributed by atoms with Crippen molar-refractivity contribution in [3.63, 3.8) is 0 Å². The number of hydrogen-bond donors (Lipinski definition) is 1. The van der Waals surface area contributed by atoms with Gasteiger partial charge < -0.3 is 4.98 Å². The second-order valence-corrected chi connectivity index (χ2v) is 4.59. The van der Waals surface area contributed by atoms with Gasteiger partial charge in [-0.2, -0.15) is 18.3 Å². The third-order valence-corrected chi connectivity index (χ3v) is 3.03. The predicted octanol–water partition coefficient (Wildman–Crippen LogP) is 2.58. The molecule has 0 amide bonds. The van der Waals surface area contributed by atoms with Crippen molar-refractivity contribution in [2.24, 2.45) is 0 Å². The van der Waals surface area contributed by atoms with Gasteiger partial charge in [-0.15, -0.1) is 0 Å². The number of aromatic nitrogens is 4. The molecule has 0 saturated heterocycles. The maximum atomic E-state index is 13.3. The highest BCUT2D eigenvalue weighted by atomic mass is 19.4. The number of benzene rings is 1. The van der Waals surface area contributed by atoms with Gasteiger partial charge in [0.05, 0.1) is 11.4 Å². The fourth-order valence-electron chi connectivity index (χ4n) is 2.11. The molecule has 0 saturated carbocycles. The molecule has 0 radical (unpaired) electrons. The van der Waals surface area contributed by atoms with E-state index in [1.807, 2.05) is 0 Å². The van der Waals surface area contributed by atoms with Gasteiger partial charge >= 0.3 is 6.18 Å². The number of fused-ring (bicyclic) bond motifs is 1. The first-order chi connectivity index (χ1) is 10.3. The SMILES string of the molecule is Cc1nn(-c2cccc(F)c2)c2nc(C(F)(F)F)[nH]c(=O)c12. The topological polar surface area (TPSA) is 63.6 Å². The number of aromatic amines is 1. The van der Waals surface area contributed by atoms with Gasteiger partial charge in [0.15, 0.2) is 5.65 Å². The van der Waals surface area contributed by atoms with Crippen LogP contribution in [0, 0.1) is 12.7 Å². The molecule has 114 valence electrons. The Morgan fingerprint density at radius 1 is 1.27 bits per heavy atom. The van der Waals surface area contributed by atoms with Crippen LogP contribution >= 0.6 is 0 Å². The third kappa shape index (κ3) is 2.24. The van der Waals surface area contributed by atoms with E-state index in [1.165, 1.54) is 25.1 Å². The standard InChI is InChI=1S/C13H8F4N4O/c1-6-9-10(18-12(13(15,16)17)19-11(9)22)21(20-6)8-4-2-3-7(14)5-8/h2-5H,1H3,(H,18,19,22). The molecule has 2 heterocycles. The lowest BCUT2D eigenvalue weighted by molar-refractivity contribution is -0.144. The van der Waals surface area contributed by atoms with Crippen LogP contribution in [0.3, 0.4) is 0 Å². The lowest BCUT2D eigenvalue weighted by atomic mass is 10.3. The number of nitrogens with zero attached hydrogens (tertiary/aromatic N) is 3. The average molecular weight is 312 g/mol. The number of H-pyrrole nitrogens is 1. The zero-order chi connectivity index (χ0) is 16.1. The Labute approximate surface area is 120 Å². The normalized spacial score (nSPS) is 12.0. The highest BCUT2D eigenvalue weighted by molar-refractivity contribution is 5.78. The zero-order valence-electron chi connectivity index (χ0n) is 11.1. The Morgan fingerprint density at radius 3 is 2.64 bits per heavy atom. The highest BCUT2D eigenvalue weighted by Gasteiger charge is 2.35. The molecule has 9 heteroatoms. The quantitative estimate of drug-likeness (QED) is 0.702. The molecule has 0 aliphatic carbocycles. The van der Waals surface area contributed by atoms with Crippen molar-refractivity contribution in [2.75, 3.05) is 0 Å². The molecule has 0 aliphatic heterocycles. The first-order valence-electron chi connectivity index (χ1n) is 6.10. The molecular formula is C13H8F4N4O. The van der Waals surface area contributed by atoms with Crippen molar-refractivity contribution in [3.05, 3.63) is 52.0 Å². The Kier molecular flexibility index (Phi) is 3.01. The van der Waals surface area contributed by atoms with Gasteiger partial charge in [-0.05, 0) is 25.1 Å². The summed E-state index contributed by atoms with van der Waals surface area (Å²) < 4.78 is 52.6. The van der Waals surface area contributed by atoms with E-state index in [0.717, 1.165) is 10.7 Å². The molecule has 0 fully saturated rings. The molecule has 0 atom stereocenters. The van der Waals surface area contributed by atoms with Crippen LogP contribution in [0.5, 0.6) is 0 Å². The van der Waals surface area contributed by atoms with Gasteiger partial charge in [-0.25, -0.2) is 14.1 Å². The van der Waals surface area contributed by atoms with Crippen molar-refractivity contribution in [3.8, 4) is 5.69 Å². The molecule has 1 N–H and O–H groups in total. The summed E-state index contributed by atoms with van der Waals surface area (Å²) in [4.78, 5) is 17.0. The van der Waals surface area contributed by atoms with Crippen molar-refractivity contribution in [1.29, 1.82) is 0 Å². The molecule has 0 aliphatic rings. The minimum Gasteiger partial charge on any atom is -0.302 e. The largest absolute Gasteiger partial charge is 0.449 e. The van der Waals surface area contributed by atoms with E-state index in [-0.39, 0.29) is 22.4 Å². The number of rotatable bonds is 1. The second kappa shape index (κ2) is 4.65. The Bertz CT molecular complexity index is 926. The minimum atomic E-state index is -4.81. The first-order valence-corrected chi connectivity index (χ1v) is 6.10. The zero-order valence-corrected chi connectivity index (χ0v) is 11.1. The lowest BCUT2D eigenvalue weighted by Gasteiger charge is -2.06. The lowest BCUT2D eigenvalue weighted by Crippen LogP contribution is -2.19. The van der Waals surface area contributed by atoms with Crippen molar-refractivity contribution in [1.82, 2.24) is 19.7 Å². The summed E-state index contributed by atoms with van der Waals surface area (Å²) in [5, 5.41) is 3.91. The second-order valence-electron chi connectivity index (χ2n) is 4.59. The predicted molar refractivity (Wildman–Crippen MR) is 69.2 cm³/mol. The van der Waals surface area contributed by atoms with Gasteiger partial charge in [0.2, 0.25) is 5.82 Å². The van der Waals surface area contributed by atoms with Crippen molar-refractivity contribution in [2.45, 2.75) is 13.1 Å². The molecule has 0 unspecified atom stereocenters. The first kappa shape index (κ1) is 14.2. The summed E-state index contributed by atoms with van der Waals surface area (Å²) in [5.41, 5.74) is -0.859. The molecule has 2 aromatic heterocycles. The summed E-state index contributed by atoms with van der Waals surface area (Å²) >= 11 is 0. The summed E-state index contributed by atoms with van der Waals surface area (Å²) in [5.74, 6) is -2.01. The van der Waals surface area contributed by atoms with E-state index in [0.29, 0.717) is 0 Å². The number of nitrogens with one attached hydrogen (secondary N) is 1. The van der Waals surface area contributed by atoms with Crippen LogP contribution in [-0.2, 0) is 6.18 Å². The van der Waals surface area contributed by atoms with Crippen LogP contribution in [0.15, 0.2) is 29.1 Å². The van der Waals surface area contributed by atoms with Crippen molar-refractivity contribution >= 4 is 11.0 Å². The molecule has 22 heavy (non-hydrogen) atoms.